The third-order valence-electron chi connectivity index (χ3n) is 3.67. The number of amides is 1. The summed E-state index contributed by atoms with van der Waals surface area (Å²) in [6, 6.07) is 14.0. The molecule has 3 nitrogen and oxygen atoms in total. The van der Waals surface area contributed by atoms with E-state index in [1.54, 1.807) is 23.9 Å². The molecule has 1 aromatic heterocycles. The van der Waals surface area contributed by atoms with Gasteiger partial charge in [-0.15, -0.1) is 23.1 Å². The quantitative estimate of drug-likeness (QED) is 0.629. The number of para-hydroxylation sites is 1. The molecule has 25 heavy (non-hydrogen) atoms. The first-order chi connectivity index (χ1) is 12.1. The second-order valence-electron chi connectivity index (χ2n) is 5.48. The van der Waals surface area contributed by atoms with Gasteiger partial charge in [0.25, 0.3) is 5.91 Å². The maximum atomic E-state index is 13.0. The fourth-order valence-corrected chi connectivity index (χ4v) is 3.99. The predicted molar refractivity (Wildman–Crippen MR) is 102 cm³/mol. The van der Waals surface area contributed by atoms with Crippen molar-refractivity contribution >= 4 is 34.7 Å². The Labute approximate surface area is 154 Å². The van der Waals surface area contributed by atoms with Gasteiger partial charge in [0, 0.05) is 11.3 Å². The van der Waals surface area contributed by atoms with Crippen molar-refractivity contribution in [1.29, 1.82) is 0 Å². The smallest absolute Gasteiger partial charge is 0.267 e. The Morgan fingerprint density at radius 3 is 2.64 bits per heavy atom. The lowest BCUT2D eigenvalue weighted by molar-refractivity contribution is 0.102. The lowest BCUT2D eigenvalue weighted by Gasteiger charge is -2.08. The fraction of sp³-hybridized carbons (Fsp3) is 0.158. The Bertz CT molecular complexity index is 891. The van der Waals surface area contributed by atoms with E-state index in [9.17, 15) is 9.18 Å². The highest BCUT2D eigenvalue weighted by molar-refractivity contribution is 7.98. The minimum absolute atomic E-state index is 0.151. The molecule has 1 N–H and O–H groups in total. The van der Waals surface area contributed by atoms with E-state index in [0.717, 1.165) is 21.2 Å². The number of benzene rings is 2. The van der Waals surface area contributed by atoms with Gasteiger partial charge in [0.1, 0.15) is 10.7 Å². The Balaban J connectivity index is 1.77. The molecule has 2 aromatic carbocycles. The summed E-state index contributed by atoms with van der Waals surface area (Å²) in [4.78, 5) is 18.7. The Morgan fingerprint density at radius 1 is 1.20 bits per heavy atom. The molecule has 3 rings (SSSR count). The zero-order valence-corrected chi connectivity index (χ0v) is 15.5. The highest BCUT2D eigenvalue weighted by Crippen LogP contribution is 2.27. The topological polar surface area (TPSA) is 42.0 Å². The van der Waals surface area contributed by atoms with Crippen molar-refractivity contribution in [2.45, 2.75) is 18.2 Å². The lowest BCUT2D eigenvalue weighted by Crippen LogP contribution is -2.12. The number of aromatic nitrogens is 1. The number of anilines is 1. The summed E-state index contributed by atoms with van der Waals surface area (Å²) in [5, 5.41) is 3.80. The lowest BCUT2D eigenvalue weighted by atomic mass is 10.1. The summed E-state index contributed by atoms with van der Waals surface area (Å²) in [6.07, 6.45) is 2.56. The summed E-state index contributed by atoms with van der Waals surface area (Å²) in [7, 11) is 0. The first-order valence-electron chi connectivity index (χ1n) is 7.72. The molecule has 6 heteroatoms. The van der Waals surface area contributed by atoms with E-state index >= 15 is 0 Å². The maximum Gasteiger partial charge on any atom is 0.267 e. The van der Waals surface area contributed by atoms with Gasteiger partial charge >= 0.3 is 0 Å². The van der Waals surface area contributed by atoms with Gasteiger partial charge < -0.3 is 5.32 Å². The van der Waals surface area contributed by atoms with E-state index in [-0.39, 0.29) is 11.7 Å². The van der Waals surface area contributed by atoms with Gasteiger partial charge in [-0.2, -0.15) is 0 Å². The summed E-state index contributed by atoms with van der Waals surface area (Å²) < 4.78 is 13.0. The van der Waals surface area contributed by atoms with E-state index in [4.69, 9.17) is 0 Å². The number of thioether (sulfide) groups is 1. The average Bonchev–Trinajstić information content (AvgIpc) is 2.98. The number of halogens is 1. The molecule has 0 unspecified atom stereocenters. The number of hydrogen-bond acceptors (Lipinski definition) is 4. The van der Waals surface area contributed by atoms with Crippen molar-refractivity contribution in [2.75, 3.05) is 11.6 Å². The Kier molecular flexibility index (Phi) is 5.50. The number of carbonyl (C=O) groups is 1. The van der Waals surface area contributed by atoms with E-state index < -0.39 is 0 Å². The zero-order chi connectivity index (χ0) is 17.8. The third-order valence-corrected chi connectivity index (χ3v) is 5.62. The number of nitrogens with one attached hydrogen (secondary N) is 1. The number of nitrogens with zero attached hydrogens (tertiary/aromatic N) is 1. The maximum absolute atomic E-state index is 13.0. The van der Waals surface area contributed by atoms with Gasteiger partial charge in [-0.3, -0.25) is 4.79 Å². The van der Waals surface area contributed by atoms with Gasteiger partial charge in [-0.25, -0.2) is 9.37 Å². The van der Waals surface area contributed by atoms with Crippen LogP contribution < -0.4 is 5.32 Å². The molecule has 3 aromatic rings. The van der Waals surface area contributed by atoms with Crippen LogP contribution in [0.25, 0.3) is 0 Å². The number of hydrogen-bond donors (Lipinski definition) is 1. The van der Waals surface area contributed by atoms with Crippen molar-refractivity contribution in [2.24, 2.45) is 0 Å². The van der Waals surface area contributed by atoms with Crippen molar-refractivity contribution in [3.05, 3.63) is 75.5 Å². The van der Waals surface area contributed by atoms with Crippen LogP contribution in [-0.2, 0) is 6.42 Å². The molecule has 0 radical (unpaired) electrons. The first kappa shape index (κ1) is 17.6. The molecule has 1 heterocycles. The largest absolute Gasteiger partial charge is 0.320 e. The zero-order valence-electron chi connectivity index (χ0n) is 13.9. The second-order valence-corrected chi connectivity index (χ2v) is 7.41. The molecule has 0 fully saturated rings. The molecule has 1 amide bonds. The molecule has 0 atom stereocenters. The minimum Gasteiger partial charge on any atom is -0.320 e. The molecule has 0 bridgehead atoms. The Hall–Kier alpha value is -2.18. The molecule has 0 saturated carbocycles. The van der Waals surface area contributed by atoms with Gasteiger partial charge in [0.05, 0.1) is 16.4 Å². The predicted octanol–water partition coefficient (Wildman–Crippen LogP) is 5.16. The molecular formula is C19H17FN2OS2. The Morgan fingerprint density at radius 2 is 1.92 bits per heavy atom. The van der Waals surface area contributed by atoms with Crippen LogP contribution in [0.2, 0.25) is 0 Å². The third kappa shape index (κ3) is 4.27. The number of aryl methyl sites for hydroxylation is 1. The van der Waals surface area contributed by atoms with Crippen LogP contribution in [0.15, 0.2) is 53.4 Å². The molecular weight excluding hydrogens is 355 g/mol. The van der Waals surface area contributed by atoms with Gasteiger partial charge in [0.2, 0.25) is 0 Å². The number of thiazole rings is 1. The van der Waals surface area contributed by atoms with E-state index in [2.05, 4.69) is 10.3 Å². The van der Waals surface area contributed by atoms with Crippen LogP contribution in [0.5, 0.6) is 0 Å². The summed E-state index contributed by atoms with van der Waals surface area (Å²) in [5.41, 5.74) is 2.48. The molecule has 0 aliphatic rings. The second kappa shape index (κ2) is 7.80. The van der Waals surface area contributed by atoms with Crippen molar-refractivity contribution < 1.29 is 9.18 Å². The van der Waals surface area contributed by atoms with E-state index in [1.165, 1.54) is 23.5 Å². The normalized spacial score (nSPS) is 10.7. The summed E-state index contributed by atoms with van der Waals surface area (Å²) in [5.74, 6) is -0.409. The van der Waals surface area contributed by atoms with E-state index in [0.29, 0.717) is 17.0 Å². The van der Waals surface area contributed by atoms with E-state index in [1.807, 2.05) is 37.4 Å². The highest BCUT2D eigenvalue weighted by atomic mass is 32.2. The van der Waals surface area contributed by atoms with Crippen LogP contribution in [0.4, 0.5) is 10.1 Å². The van der Waals surface area contributed by atoms with Gasteiger partial charge in [-0.1, -0.05) is 24.3 Å². The van der Waals surface area contributed by atoms with Crippen molar-refractivity contribution in [3.8, 4) is 0 Å². The minimum atomic E-state index is -0.258. The van der Waals surface area contributed by atoms with Crippen molar-refractivity contribution in [3.63, 3.8) is 0 Å². The molecule has 128 valence electrons. The van der Waals surface area contributed by atoms with Crippen LogP contribution in [0, 0.1) is 12.7 Å². The number of carbonyl (C=O) groups excluding carboxylic acids is 1. The van der Waals surface area contributed by atoms with Crippen LogP contribution >= 0.6 is 23.1 Å². The number of rotatable bonds is 5. The van der Waals surface area contributed by atoms with Crippen LogP contribution in [0.3, 0.4) is 0 Å². The molecule has 0 spiro atoms. The first-order valence-corrected chi connectivity index (χ1v) is 9.76. The van der Waals surface area contributed by atoms with Crippen LogP contribution in [-0.4, -0.2) is 17.1 Å². The molecule has 0 aliphatic carbocycles. The van der Waals surface area contributed by atoms with Crippen molar-refractivity contribution in [1.82, 2.24) is 4.98 Å². The average molecular weight is 372 g/mol. The molecule has 0 aliphatic heterocycles. The van der Waals surface area contributed by atoms with Gasteiger partial charge in [-0.05, 0) is 43.0 Å². The SMILES string of the molecule is CSc1ccccc1NC(=O)c1sc(Cc2ccc(F)cc2)nc1C. The fourth-order valence-electron chi connectivity index (χ4n) is 2.44. The summed E-state index contributed by atoms with van der Waals surface area (Å²) in [6.45, 7) is 1.83. The van der Waals surface area contributed by atoms with Crippen LogP contribution in [0.1, 0.15) is 25.9 Å². The summed E-state index contributed by atoms with van der Waals surface area (Å²) >= 11 is 2.96. The standard InChI is InChI=1S/C19H17FN2OS2/c1-12-18(19(23)22-15-5-3-4-6-16(15)24-2)25-17(21-12)11-13-7-9-14(20)10-8-13/h3-10H,11H2,1-2H3,(H,22,23). The van der Waals surface area contributed by atoms with Gasteiger partial charge in [0.15, 0.2) is 0 Å². The molecule has 0 saturated heterocycles. The highest BCUT2D eigenvalue weighted by Gasteiger charge is 2.16. The monoisotopic (exact) mass is 372 g/mol.